The molecule has 1 atom stereocenters. The van der Waals surface area contributed by atoms with Gasteiger partial charge >= 0.3 is 6.16 Å². The topological polar surface area (TPSA) is 35.5 Å². The van der Waals surface area contributed by atoms with Crippen molar-refractivity contribution in [1.82, 2.24) is 0 Å². The summed E-state index contributed by atoms with van der Waals surface area (Å²) >= 11 is 0. The van der Waals surface area contributed by atoms with Crippen LogP contribution in [0, 0.1) is 5.92 Å². The molecule has 0 aliphatic heterocycles. The van der Waals surface area contributed by atoms with Crippen molar-refractivity contribution in [2.24, 2.45) is 5.92 Å². The van der Waals surface area contributed by atoms with Crippen molar-refractivity contribution in [3.05, 3.63) is 0 Å². The molecule has 18 heavy (non-hydrogen) atoms. The SMILES string of the molecule is CCCCC(CC)COC(=O)O[SiH2]C(CC)CC. The second-order valence-electron chi connectivity index (χ2n) is 4.97. The molecule has 0 aromatic carbocycles. The fourth-order valence-corrected chi connectivity index (χ4v) is 2.76. The molecule has 108 valence electrons. The highest BCUT2D eigenvalue weighted by Crippen LogP contribution is 2.15. The molecule has 3 nitrogen and oxygen atoms in total. The zero-order valence-electron chi connectivity index (χ0n) is 12.5. The second-order valence-corrected chi connectivity index (χ2v) is 6.75. The van der Waals surface area contributed by atoms with Crippen LogP contribution in [0.1, 0.15) is 66.2 Å². The first-order valence-corrected chi connectivity index (χ1v) is 8.86. The van der Waals surface area contributed by atoms with E-state index in [0.29, 0.717) is 18.1 Å². The van der Waals surface area contributed by atoms with E-state index < -0.39 is 15.9 Å². The summed E-state index contributed by atoms with van der Waals surface area (Å²) in [6, 6.07) is 0. The van der Waals surface area contributed by atoms with Crippen LogP contribution in [0.4, 0.5) is 4.79 Å². The Balaban J connectivity index is 3.73. The first-order valence-electron chi connectivity index (χ1n) is 7.47. The van der Waals surface area contributed by atoms with Crippen LogP contribution in [0.2, 0.25) is 5.54 Å². The molecular formula is C14H30O3Si. The van der Waals surface area contributed by atoms with Gasteiger partial charge in [0.1, 0.15) is 0 Å². The van der Waals surface area contributed by atoms with Crippen LogP contribution in [-0.4, -0.2) is 22.5 Å². The van der Waals surface area contributed by atoms with Crippen molar-refractivity contribution in [2.75, 3.05) is 6.61 Å². The van der Waals surface area contributed by atoms with Gasteiger partial charge in [0.2, 0.25) is 9.76 Å². The van der Waals surface area contributed by atoms with Gasteiger partial charge in [-0.1, -0.05) is 59.8 Å². The van der Waals surface area contributed by atoms with Gasteiger partial charge in [0.15, 0.2) is 0 Å². The Kier molecular flexibility index (Phi) is 11.2. The summed E-state index contributed by atoms with van der Waals surface area (Å²) < 4.78 is 10.5. The maximum Gasteiger partial charge on any atom is 0.493 e. The van der Waals surface area contributed by atoms with E-state index in [4.69, 9.17) is 9.16 Å². The molecule has 0 bridgehead atoms. The van der Waals surface area contributed by atoms with Gasteiger partial charge in [-0.05, 0) is 17.9 Å². The lowest BCUT2D eigenvalue weighted by Gasteiger charge is -2.16. The van der Waals surface area contributed by atoms with Crippen molar-refractivity contribution in [3.8, 4) is 0 Å². The number of rotatable bonds is 10. The lowest BCUT2D eigenvalue weighted by atomic mass is 10.0. The van der Waals surface area contributed by atoms with E-state index >= 15 is 0 Å². The highest BCUT2D eigenvalue weighted by molar-refractivity contribution is 6.32. The Morgan fingerprint density at radius 3 is 2.28 bits per heavy atom. The molecule has 0 heterocycles. The van der Waals surface area contributed by atoms with Crippen LogP contribution in [0.15, 0.2) is 0 Å². The number of unbranched alkanes of at least 4 members (excludes halogenated alkanes) is 1. The van der Waals surface area contributed by atoms with Gasteiger partial charge < -0.3 is 9.16 Å². The monoisotopic (exact) mass is 274 g/mol. The molecule has 1 unspecified atom stereocenters. The highest BCUT2D eigenvalue weighted by Gasteiger charge is 2.13. The Bertz CT molecular complexity index is 205. The normalized spacial score (nSPS) is 13.2. The van der Waals surface area contributed by atoms with Gasteiger partial charge in [0.25, 0.3) is 0 Å². The lowest BCUT2D eigenvalue weighted by Crippen LogP contribution is -2.18. The summed E-state index contributed by atoms with van der Waals surface area (Å²) in [7, 11) is -0.764. The van der Waals surface area contributed by atoms with E-state index in [1.165, 1.54) is 12.8 Å². The molecule has 0 fully saturated rings. The zero-order valence-corrected chi connectivity index (χ0v) is 14.0. The predicted octanol–water partition coefficient (Wildman–Crippen LogP) is 4.05. The minimum atomic E-state index is -0.764. The summed E-state index contributed by atoms with van der Waals surface area (Å²) in [6.45, 7) is 9.14. The van der Waals surface area contributed by atoms with Crippen LogP contribution in [0.25, 0.3) is 0 Å². The summed E-state index contributed by atoms with van der Waals surface area (Å²) in [5.74, 6) is 0.493. The quantitative estimate of drug-likeness (QED) is 0.445. The van der Waals surface area contributed by atoms with Crippen LogP contribution in [0.5, 0.6) is 0 Å². The molecule has 0 amide bonds. The maximum absolute atomic E-state index is 11.5. The van der Waals surface area contributed by atoms with Gasteiger partial charge in [-0.3, -0.25) is 0 Å². The lowest BCUT2D eigenvalue weighted by molar-refractivity contribution is 0.0817. The first kappa shape index (κ1) is 17.5. The number of carbonyl (C=O) groups excluding carboxylic acids is 1. The minimum Gasteiger partial charge on any atom is -0.494 e. The largest absolute Gasteiger partial charge is 0.494 e. The Labute approximate surface area is 115 Å². The van der Waals surface area contributed by atoms with Crippen LogP contribution in [-0.2, 0) is 9.16 Å². The molecule has 4 heteroatoms. The summed E-state index contributed by atoms with van der Waals surface area (Å²) in [5.41, 5.74) is 0.597. The Morgan fingerprint density at radius 1 is 1.11 bits per heavy atom. The molecule has 0 saturated heterocycles. The molecule has 0 aromatic heterocycles. The van der Waals surface area contributed by atoms with Crippen molar-refractivity contribution in [3.63, 3.8) is 0 Å². The number of hydrogen-bond donors (Lipinski definition) is 0. The average Bonchev–Trinajstić information content (AvgIpc) is 2.40. The second kappa shape index (κ2) is 11.6. The van der Waals surface area contributed by atoms with Crippen molar-refractivity contribution < 1.29 is 14.0 Å². The van der Waals surface area contributed by atoms with E-state index in [0.717, 1.165) is 25.7 Å². The van der Waals surface area contributed by atoms with Gasteiger partial charge in [-0.25, -0.2) is 4.79 Å². The summed E-state index contributed by atoms with van der Waals surface area (Å²) in [4.78, 5) is 11.5. The van der Waals surface area contributed by atoms with Gasteiger partial charge in [-0.2, -0.15) is 0 Å². The Hall–Kier alpha value is -0.513. The van der Waals surface area contributed by atoms with Gasteiger partial charge in [-0.15, -0.1) is 0 Å². The smallest absolute Gasteiger partial charge is 0.493 e. The minimum absolute atomic E-state index is 0.441. The van der Waals surface area contributed by atoms with E-state index in [1.54, 1.807) is 0 Å². The fraction of sp³-hybridized carbons (Fsp3) is 0.929. The molecule has 0 radical (unpaired) electrons. The van der Waals surface area contributed by atoms with Crippen LogP contribution in [0.3, 0.4) is 0 Å². The van der Waals surface area contributed by atoms with Crippen molar-refractivity contribution in [1.29, 1.82) is 0 Å². The van der Waals surface area contributed by atoms with Crippen molar-refractivity contribution >= 4 is 15.9 Å². The van der Waals surface area contributed by atoms with E-state index in [-0.39, 0.29) is 0 Å². The van der Waals surface area contributed by atoms with Gasteiger partial charge in [0, 0.05) is 0 Å². The van der Waals surface area contributed by atoms with E-state index in [1.807, 2.05) is 0 Å². The standard InChI is InChI=1S/C14H30O3Si/c1-5-9-10-12(6-2)11-16-14(15)17-18-13(7-3)8-4/h12-13H,5-11,18H2,1-4H3. The van der Waals surface area contributed by atoms with Gasteiger partial charge in [0.05, 0.1) is 6.61 Å². The van der Waals surface area contributed by atoms with Crippen LogP contribution < -0.4 is 0 Å². The van der Waals surface area contributed by atoms with E-state index in [2.05, 4.69) is 27.7 Å². The third-order valence-corrected chi connectivity index (χ3v) is 5.60. The summed E-state index contributed by atoms with van der Waals surface area (Å²) in [6.07, 6.45) is 6.38. The number of carbonyl (C=O) groups is 1. The third-order valence-electron chi connectivity index (χ3n) is 3.57. The third kappa shape index (κ3) is 8.56. The number of ether oxygens (including phenoxy) is 1. The fourth-order valence-electron chi connectivity index (χ4n) is 1.84. The predicted molar refractivity (Wildman–Crippen MR) is 78.6 cm³/mol. The van der Waals surface area contributed by atoms with E-state index in [9.17, 15) is 4.79 Å². The molecule has 0 N–H and O–H groups in total. The first-order chi connectivity index (χ1) is 8.67. The summed E-state index contributed by atoms with van der Waals surface area (Å²) in [5, 5.41) is 0. The molecule has 0 aliphatic carbocycles. The molecule has 0 spiro atoms. The van der Waals surface area contributed by atoms with Crippen LogP contribution >= 0.6 is 0 Å². The number of hydrogen-bond acceptors (Lipinski definition) is 3. The molecular weight excluding hydrogens is 244 g/mol. The zero-order chi connectivity index (χ0) is 13.8. The molecule has 0 aromatic rings. The highest BCUT2D eigenvalue weighted by atomic mass is 28.2. The Morgan fingerprint density at radius 2 is 1.78 bits per heavy atom. The molecule has 0 saturated carbocycles. The molecule has 0 rings (SSSR count). The average molecular weight is 274 g/mol. The molecule has 0 aliphatic rings. The van der Waals surface area contributed by atoms with Crippen molar-refractivity contribution in [2.45, 2.75) is 71.8 Å². The maximum atomic E-state index is 11.5.